The lowest BCUT2D eigenvalue weighted by Gasteiger charge is -2.49. The van der Waals surface area contributed by atoms with Crippen molar-refractivity contribution < 1.29 is 29.7 Å². The Morgan fingerprint density at radius 2 is 1.84 bits per heavy atom. The number of ketones is 3. The summed E-state index contributed by atoms with van der Waals surface area (Å²) in [6.45, 7) is 1.77. The van der Waals surface area contributed by atoms with Gasteiger partial charge in [-0.2, -0.15) is 0 Å². The molecular formula is C19H16O6. The number of carbonyl (C=O) groups excluding carboxylic acids is 3. The minimum Gasteiger partial charge on any atom is -0.507 e. The normalized spacial score (nSPS) is 33.9. The van der Waals surface area contributed by atoms with E-state index in [0.29, 0.717) is 0 Å². The van der Waals surface area contributed by atoms with Crippen LogP contribution >= 0.6 is 0 Å². The van der Waals surface area contributed by atoms with Gasteiger partial charge < -0.3 is 15.3 Å². The average Bonchev–Trinajstić information content (AvgIpc) is 2.53. The molecule has 1 saturated carbocycles. The third-order valence-corrected chi connectivity index (χ3v) is 5.37. The Bertz CT molecular complexity index is 924. The lowest BCUT2D eigenvalue weighted by atomic mass is 9.58. The molecule has 1 fully saturated rings. The molecule has 3 aliphatic rings. The lowest BCUT2D eigenvalue weighted by Crippen LogP contribution is -2.66. The summed E-state index contributed by atoms with van der Waals surface area (Å²) in [6, 6.07) is 4.06. The zero-order chi connectivity index (χ0) is 18.1. The molecule has 3 N–H and O–H groups in total. The second-order valence-electron chi connectivity index (χ2n) is 7.05. The number of phenols is 1. The molecule has 25 heavy (non-hydrogen) atoms. The molecule has 0 aromatic heterocycles. The van der Waals surface area contributed by atoms with Crippen LogP contribution in [0.25, 0.3) is 0 Å². The second-order valence-corrected chi connectivity index (χ2v) is 7.05. The van der Waals surface area contributed by atoms with Gasteiger partial charge in [-0.15, -0.1) is 0 Å². The molecule has 4 rings (SSSR count). The highest BCUT2D eigenvalue weighted by Crippen LogP contribution is 2.50. The highest BCUT2D eigenvalue weighted by molar-refractivity contribution is 6.31. The number of Topliss-reactive ketones (excluding diaryl/α,β-unsaturated/α-hetero) is 3. The largest absolute Gasteiger partial charge is 0.507 e. The first-order chi connectivity index (χ1) is 11.7. The van der Waals surface area contributed by atoms with Crippen LogP contribution in [0, 0.1) is 5.92 Å². The van der Waals surface area contributed by atoms with Gasteiger partial charge >= 0.3 is 0 Å². The SMILES string of the molecule is CC1CC(=O)C2(O)C3=C(C=CC2(O)C1)C(=O)c1c(O)cccc1C3=O. The van der Waals surface area contributed by atoms with Crippen molar-refractivity contribution >= 4 is 17.3 Å². The molecule has 0 radical (unpaired) electrons. The topological polar surface area (TPSA) is 112 Å². The molecule has 0 spiro atoms. The van der Waals surface area contributed by atoms with Crippen LogP contribution < -0.4 is 0 Å². The van der Waals surface area contributed by atoms with Gasteiger partial charge in [0, 0.05) is 17.6 Å². The second kappa shape index (κ2) is 4.74. The van der Waals surface area contributed by atoms with Gasteiger partial charge in [-0.05, 0) is 24.5 Å². The van der Waals surface area contributed by atoms with E-state index in [9.17, 15) is 29.7 Å². The average molecular weight is 340 g/mol. The van der Waals surface area contributed by atoms with Crippen LogP contribution in [0.5, 0.6) is 5.75 Å². The van der Waals surface area contributed by atoms with Gasteiger partial charge in [-0.3, -0.25) is 14.4 Å². The van der Waals surface area contributed by atoms with E-state index in [1.165, 1.54) is 30.4 Å². The summed E-state index contributed by atoms with van der Waals surface area (Å²) in [4.78, 5) is 38.4. The standard InChI is InChI=1S/C19H16O6/c1-9-7-13(21)19(25)15-11(5-6-18(19,24)8-9)16(22)14-10(17(15)23)3-2-4-12(14)20/h2-6,9,20,24-25H,7-8H2,1H3. The van der Waals surface area contributed by atoms with Crippen molar-refractivity contribution in [3.05, 3.63) is 52.6 Å². The molecule has 0 aliphatic heterocycles. The molecule has 6 heteroatoms. The summed E-state index contributed by atoms with van der Waals surface area (Å²) in [5.74, 6) is -2.58. The fraction of sp³-hybridized carbons (Fsp3) is 0.316. The number of hydrogen-bond donors (Lipinski definition) is 3. The first kappa shape index (κ1) is 15.9. The fourth-order valence-corrected chi connectivity index (χ4v) is 4.21. The third kappa shape index (κ3) is 1.78. The number of benzene rings is 1. The molecule has 0 saturated heterocycles. The maximum Gasteiger partial charge on any atom is 0.198 e. The Morgan fingerprint density at radius 3 is 2.56 bits per heavy atom. The van der Waals surface area contributed by atoms with E-state index in [1.807, 2.05) is 0 Å². The van der Waals surface area contributed by atoms with E-state index in [2.05, 4.69) is 0 Å². The summed E-state index contributed by atoms with van der Waals surface area (Å²) in [5.41, 5.74) is -5.18. The van der Waals surface area contributed by atoms with Crippen LogP contribution in [0.3, 0.4) is 0 Å². The third-order valence-electron chi connectivity index (χ3n) is 5.37. The Kier molecular flexibility index (Phi) is 3.02. The molecule has 3 unspecified atom stereocenters. The zero-order valence-corrected chi connectivity index (χ0v) is 13.4. The molecule has 3 atom stereocenters. The number of hydrogen-bond acceptors (Lipinski definition) is 6. The molecule has 6 nitrogen and oxygen atoms in total. The van der Waals surface area contributed by atoms with E-state index in [0.717, 1.165) is 0 Å². The van der Waals surface area contributed by atoms with Crippen LogP contribution in [-0.4, -0.2) is 43.9 Å². The van der Waals surface area contributed by atoms with Gasteiger partial charge in [0.05, 0.1) is 11.1 Å². The van der Waals surface area contributed by atoms with E-state index in [1.54, 1.807) is 6.92 Å². The first-order valence-electron chi connectivity index (χ1n) is 8.04. The number of phenolic OH excluding ortho intramolecular Hbond substituents is 1. The number of aromatic hydroxyl groups is 1. The van der Waals surface area contributed by atoms with Crippen LogP contribution in [-0.2, 0) is 4.79 Å². The van der Waals surface area contributed by atoms with Gasteiger partial charge in [0.2, 0.25) is 0 Å². The molecular weight excluding hydrogens is 324 g/mol. The van der Waals surface area contributed by atoms with E-state index >= 15 is 0 Å². The quantitative estimate of drug-likeness (QED) is 0.652. The van der Waals surface area contributed by atoms with E-state index < -0.39 is 34.1 Å². The zero-order valence-electron chi connectivity index (χ0n) is 13.4. The van der Waals surface area contributed by atoms with Crippen LogP contribution in [0.4, 0.5) is 0 Å². The van der Waals surface area contributed by atoms with Gasteiger partial charge in [0.15, 0.2) is 23.0 Å². The smallest absolute Gasteiger partial charge is 0.198 e. The predicted molar refractivity (Wildman–Crippen MR) is 86.2 cm³/mol. The van der Waals surface area contributed by atoms with Crippen LogP contribution in [0.15, 0.2) is 41.5 Å². The maximum atomic E-state index is 13.0. The Balaban J connectivity index is 2.00. The van der Waals surface area contributed by atoms with Gasteiger partial charge in [0.1, 0.15) is 11.4 Å². The number of allylic oxidation sites excluding steroid dienone is 2. The lowest BCUT2D eigenvalue weighted by molar-refractivity contribution is -0.166. The highest BCUT2D eigenvalue weighted by Gasteiger charge is 2.63. The van der Waals surface area contributed by atoms with Gasteiger partial charge in [-0.25, -0.2) is 0 Å². The fourth-order valence-electron chi connectivity index (χ4n) is 4.21. The monoisotopic (exact) mass is 340 g/mol. The summed E-state index contributed by atoms with van der Waals surface area (Å²) < 4.78 is 0. The van der Waals surface area contributed by atoms with Crippen molar-refractivity contribution in [2.75, 3.05) is 0 Å². The Labute approximate surface area is 143 Å². The summed E-state index contributed by atoms with van der Waals surface area (Å²) in [7, 11) is 0. The first-order valence-corrected chi connectivity index (χ1v) is 8.04. The van der Waals surface area contributed by atoms with Crippen molar-refractivity contribution in [3.8, 4) is 5.75 Å². The molecule has 0 bridgehead atoms. The molecule has 3 aliphatic carbocycles. The highest BCUT2D eigenvalue weighted by atomic mass is 16.4. The number of fused-ring (bicyclic) bond motifs is 3. The van der Waals surface area contributed by atoms with Crippen molar-refractivity contribution in [1.82, 2.24) is 0 Å². The summed E-state index contributed by atoms with van der Waals surface area (Å²) >= 11 is 0. The Hall–Kier alpha value is -2.57. The molecule has 128 valence electrons. The van der Waals surface area contributed by atoms with Crippen LogP contribution in [0.2, 0.25) is 0 Å². The molecule has 0 heterocycles. The molecule has 1 aromatic rings. The van der Waals surface area contributed by atoms with E-state index in [-0.39, 0.29) is 41.2 Å². The summed E-state index contributed by atoms with van der Waals surface area (Å²) in [6.07, 6.45) is 2.58. The number of carbonyl (C=O) groups is 3. The van der Waals surface area contributed by atoms with Crippen molar-refractivity contribution in [1.29, 1.82) is 0 Å². The molecule has 0 amide bonds. The maximum absolute atomic E-state index is 13.0. The van der Waals surface area contributed by atoms with E-state index in [4.69, 9.17) is 0 Å². The number of rotatable bonds is 0. The van der Waals surface area contributed by atoms with Gasteiger partial charge in [0.25, 0.3) is 0 Å². The molecule has 1 aromatic carbocycles. The van der Waals surface area contributed by atoms with Gasteiger partial charge in [-0.1, -0.05) is 25.1 Å². The minimum absolute atomic E-state index is 0.00219. The van der Waals surface area contributed by atoms with Crippen molar-refractivity contribution in [2.45, 2.75) is 31.0 Å². The van der Waals surface area contributed by atoms with Crippen molar-refractivity contribution in [2.24, 2.45) is 5.92 Å². The predicted octanol–water partition coefficient (Wildman–Crippen LogP) is 1.10. The van der Waals surface area contributed by atoms with Crippen LogP contribution in [0.1, 0.15) is 40.5 Å². The summed E-state index contributed by atoms with van der Waals surface area (Å²) in [5, 5.41) is 32.1. The van der Waals surface area contributed by atoms with Crippen molar-refractivity contribution in [3.63, 3.8) is 0 Å². The number of aliphatic hydroxyl groups is 2. The minimum atomic E-state index is -2.46. The Morgan fingerprint density at radius 1 is 1.12 bits per heavy atom.